The van der Waals surface area contributed by atoms with Crippen LogP contribution >= 0.6 is 0 Å². The molecule has 3 rings (SSSR count). The smallest absolute Gasteiger partial charge is 0.315 e. The number of urea groups is 1. The Morgan fingerprint density at radius 1 is 1.22 bits per heavy atom. The van der Waals surface area contributed by atoms with Gasteiger partial charge in [-0.15, -0.1) is 0 Å². The van der Waals surface area contributed by atoms with E-state index in [4.69, 9.17) is 4.42 Å². The molecule has 2 atom stereocenters. The fourth-order valence-electron chi connectivity index (χ4n) is 3.29. The third kappa shape index (κ3) is 4.81. The van der Waals surface area contributed by atoms with E-state index in [0.717, 1.165) is 13.0 Å². The van der Waals surface area contributed by atoms with Crippen LogP contribution in [0.4, 0.5) is 10.5 Å². The van der Waals surface area contributed by atoms with E-state index in [1.807, 2.05) is 12.1 Å². The van der Waals surface area contributed by atoms with Crippen molar-refractivity contribution in [2.24, 2.45) is 0 Å². The number of carbonyl (C=O) groups is 2. The summed E-state index contributed by atoms with van der Waals surface area (Å²) < 4.78 is 5.17. The van der Waals surface area contributed by atoms with Crippen molar-refractivity contribution in [3.05, 3.63) is 54.0 Å². The molecule has 2 unspecified atom stereocenters. The number of nitrogens with zero attached hydrogens (tertiary/aromatic N) is 1. The summed E-state index contributed by atoms with van der Waals surface area (Å²) in [5.41, 5.74) is 2.46. The molecule has 3 amide bonds. The van der Waals surface area contributed by atoms with E-state index in [1.54, 1.807) is 25.3 Å². The van der Waals surface area contributed by atoms with E-state index in [-0.39, 0.29) is 17.9 Å². The molecule has 1 aromatic heterocycles. The lowest BCUT2D eigenvalue weighted by atomic mass is 9.90. The minimum absolute atomic E-state index is 0.258. The van der Waals surface area contributed by atoms with Crippen LogP contribution < -0.4 is 20.9 Å². The Morgan fingerprint density at radius 3 is 2.81 bits per heavy atom. The number of rotatable bonds is 6. The topological polar surface area (TPSA) is 86.6 Å². The Morgan fingerprint density at radius 2 is 2.04 bits per heavy atom. The molecule has 1 aliphatic heterocycles. The summed E-state index contributed by atoms with van der Waals surface area (Å²) in [4.78, 5) is 26.5. The first kappa shape index (κ1) is 18.8. The van der Waals surface area contributed by atoms with Gasteiger partial charge in [0.2, 0.25) is 5.91 Å². The van der Waals surface area contributed by atoms with E-state index >= 15 is 0 Å². The predicted octanol–water partition coefficient (Wildman–Crippen LogP) is 2.21. The number of furan rings is 1. The number of anilines is 1. The van der Waals surface area contributed by atoms with Gasteiger partial charge in [0.05, 0.1) is 12.8 Å². The van der Waals surface area contributed by atoms with Gasteiger partial charge in [-0.3, -0.25) is 4.79 Å². The fraction of sp³-hybridized carbons (Fsp3) is 0.400. The Hall–Kier alpha value is -2.96. The number of hydrogen-bond acceptors (Lipinski definition) is 4. The highest BCUT2D eigenvalue weighted by Crippen LogP contribution is 2.33. The summed E-state index contributed by atoms with van der Waals surface area (Å²) in [5, 5.41) is 8.31. The normalized spacial score (nSPS) is 17.0. The van der Waals surface area contributed by atoms with Crippen LogP contribution in [0.3, 0.4) is 0 Å². The molecule has 0 spiro atoms. The summed E-state index contributed by atoms with van der Waals surface area (Å²) in [6, 6.07) is 10.8. The molecule has 0 saturated heterocycles. The lowest BCUT2D eigenvalue weighted by Gasteiger charge is -2.33. The summed E-state index contributed by atoms with van der Waals surface area (Å²) in [6.07, 6.45) is 2.53. The molecular weight excluding hydrogens is 344 g/mol. The lowest BCUT2D eigenvalue weighted by Crippen LogP contribution is -2.49. The van der Waals surface area contributed by atoms with E-state index < -0.39 is 6.04 Å². The molecule has 1 aliphatic rings. The Labute approximate surface area is 159 Å². The Balaban J connectivity index is 1.45. The number of nitrogens with one attached hydrogen (secondary N) is 3. The number of benzene rings is 1. The highest BCUT2D eigenvalue weighted by molar-refractivity contribution is 5.86. The zero-order valence-corrected chi connectivity index (χ0v) is 15.7. The molecule has 0 fully saturated rings. The van der Waals surface area contributed by atoms with Crippen molar-refractivity contribution in [2.75, 3.05) is 25.0 Å². The minimum atomic E-state index is -0.635. The van der Waals surface area contributed by atoms with Gasteiger partial charge in [-0.2, -0.15) is 0 Å². The lowest BCUT2D eigenvalue weighted by molar-refractivity contribution is -0.122. The minimum Gasteiger partial charge on any atom is -0.467 e. The Kier molecular flexibility index (Phi) is 6.01. The average molecular weight is 370 g/mol. The second-order valence-electron chi connectivity index (χ2n) is 6.84. The number of carbonyl (C=O) groups excluding carboxylic acids is 2. The first-order valence-corrected chi connectivity index (χ1v) is 9.19. The van der Waals surface area contributed by atoms with Crippen LogP contribution in [0.5, 0.6) is 0 Å². The molecule has 27 heavy (non-hydrogen) atoms. The van der Waals surface area contributed by atoms with Gasteiger partial charge in [0, 0.05) is 31.7 Å². The van der Waals surface area contributed by atoms with E-state index in [1.165, 1.54) is 11.3 Å². The number of fused-ring (bicyclic) bond motifs is 1. The SMILES string of the molecule is CC(NC(=O)NCC1CCN(C)c2ccccc21)C(=O)NCc1ccco1. The summed E-state index contributed by atoms with van der Waals surface area (Å²) in [7, 11) is 2.08. The first-order chi connectivity index (χ1) is 13.0. The van der Waals surface area contributed by atoms with Gasteiger partial charge >= 0.3 is 6.03 Å². The van der Waals surface area contributed by atoms with Gasteiger partial charge in [-0.1, -0.05) is 18.2 Å². The summed E-state index contributed by atoms with van der Waals surface area (Å²) >= 11 is 0. The molecule has 0 bridgehead atoms. The van der Waals surface area contributed by atoms with Crippen LogP contribution in [0.15, 0.2) is 47.1 Å². The van der Waals surface area contributed by atoms with Crippen LogP contribution in [0.2, 0.25) is 0 Å². The van der Waals surface area contributed by atoms with Crippen molar-refractivity contribution in [1.82, 2.24) is 16.0 Å². The molecule has 2 aromatic rings. The molecule has 0 radical (unpaired) electrons. The van der Waals surface area contributed by atoms with Gasteiger partial charge in [-0.25, -0.2) is 4.79 Å². The third-order valence-electron chi connectivity index (χ3n) is 4.87. The molecule has 2 heterocycles. The number of hydrogen-bond donors (Lipinski definition) is 3. The van der Waals surface area contributed by atoms with E-state index in [9.17, 15) is 9.59 Å². The van der Waals surface area contributed by atoms with Crippen LogP contribution in [-0.2, 0) is 11.3 Å². The van der Waals surface area contributed by atoms with Crippen molar-refractivity contribution in [3.8, 4) is 0 Å². The van der Waals surface area contributed by atoms with Crippen molar-refractivity contribution >= 4 is 17.6 Å². The fourth-order valence-corrected chi connectivity index (χ4v) is 3.29. The molecule has 144 valence electrons. The van der Waals surface area contributed by atoms with Gasteiger partial charge < -0.3 is 25.3 Å². The molecule has 0 aliphatic carbocycles. The van der Waals surface area contributed by atoms with Crippen LogP contribution in [-0.4, -0.2) is 38.1 Å². The molecule has 1 aromatic carbocycles. The van der Waals surface area contributed by atoms with Crippen LogP contribution in [0, 0.1) is 0 Å². The molecule has 0 saturated carbocycles. The maximum Gasteiger partial charge on any atom is 0.315 e. The molecule has 7 heteroatoms. The van der Waals surface area contributed by atoms with Gasteiger partial charge in [0.15, 0.2) is 0 Å². The van der Waals surface area contributed by atoms with Gasteiger partial charge in [0.25, 0.3) is 0 Å². The van der Waals surface area contributed by atoms with E-state index in [0.29, 0.717) is 18.8 Å². The number of para-hydroxylation sites is 1. The maximum absolute atomic E-state index is 12.2. The maximum atomic E-state index is 12.2. The zero-order valence-electron chi connectivity index (χ0n) is 15.7. The van der Waals surface area contributed by atoms with Crippen molar-refractivity contribution < 1.29 is 14.0 Å². The average Bonchev–Trinajstić information content (AvgIpc) is 3.19. The molecule has 3 N–H and O–H groups in total. The molecule has 7 nitrogen and oxygen atoms in total. The monoisotopic (exact) mass is 370 g/mol. The summed E-state index contributed by atoms with van der Waals surface area (Å²) in [5.74, 6) is 0.679. The molecular formula is C20H26N4O3. The zero-order chi connectivity index (χ0) is 19.2. The van der Waals surface area contributed by atoms with E-state index in [2.05, 4.69) is 40.0 Å². The number of amides is 3. The van der Waals surface area contributed by atoms with Crippen LogP contribution in [0.1, 0.15) is 30.6 Å². The standard InChI is InChI=1S/C20H26N4O3/c1-14(19(25)21-13-16-6-5-11-27-16)23-20(26)22-12-15-9-10-24(2)18-8-4-3-7-17(15)18/h3-8,11,14-15H,9-10,12-13H2,1-2H3,(H,21,25)(H2,22,23,26). The van der Waals surface area contributed by atoms with Crippen molar-refractivity contribution in [2.45, 2.75) is 31.8 Å². The van der Waals surface area contributed by atoms with Gasteiger partial charge in [-0.05, 0) is 37.1 Å². The predicted molar refractivity (Wildman–Crippen MR) is 104 cm³/mol. The Bertz CT molecular complexity index is 775. The summed E-state index contributed by atoms with van der Waals surface area (Å²) in [6.45, 7) is 3.45. The first-order valence-electron chi connectivity index (χ1n) is 9.19. The van der Waals surface area contributed by atoms with Crippen molar-refractivity contribution in [3.63, 3.8) is 0 Å². The highest BCUT2D eigenvalue weighted by Gasteiger charge is 2.23. The van der Waals surface area contributed by atoms with Gasteiger partial charge in [0.1, 0.15) is 11.8 Å². The van der Waals surface area contributed by atoms with Crippen LogP contribution in [0.25, 0.3) is 0 Å². The highest BCUT2D eigenvalue weighted by atomic mass is 16.3. The van der Waals surface area contributed by atoms with Crippen molar-refractivity contribution in [1.29, 1.82) is 0 Å². The second-order valence-corrected chi connectivity index (χ2v) is 6.84. The largest absolute Gasteiger partial charge is 0.467 e. The quantitative estimate of drug-likeness (QED) is 0.728. The third-order valence-corrected chi connectivity index (χ3v) is 4.87. The second kappa shape index (κ2) is 8.62.